The molecule has 0 aromatic heterocycles. The van der Waals surface area contributed by atoms with Crippen LogP contribution in [0.3, 0.4) is 0 Å². The fourth-order valence-electron chi connectivity index (χ4n) is 2.61. The molecule has 6 nitrogen and oxygen atoms in total. The average molecular weight is 383 g/mol. The van der Waals surface area contributed by atoms with Crippen molar-refractivity contribution in [3.05, 3.63) is 107 Å². The summed E-state index contributed by atoms with van der Waals surface area (Å²) in [6.45, 7) is -0.582. The highest BCUT2D eigenvalue weighted by Gasteiger charge is 2.44. The Balaban J connectivity index is 2.04. The van der Waals surface area contributed by atoms with Gasteiger partial charge in [-0.1, -0.05) is 66.7 Å². The van der Waals surface area contributed by atoms with E-state index in [1.807, 2.05) is 0 Å². The summed E-state index contributed by atoms with van der Waals surface area (Å²) in [5, 5.41) is 11.3. The summed E-state index contributed by atoms with van der Waals surface area (Å²) in [5.74, 6) is 0.641. The molecule has 27 heavy (non-hydrogen) atoms. The molecule has 0 saturated heterocycles. The Bertz CT molecular complexity index is 873. The second-order valence-corrected chi connectivity index (χ2v) is 7.86. The van der Waals surface area contributed by atoms with E-state index in [-0.39, 0.29) is 0 Å². The van der Waals surface area contributed by atoms with Crippen LogP contribution in [-0.2, 0) is 4.57 Å². The Morgan fingerprint density at radius 1 is 0.778 bits per heavy atom. The SMILES string of the molecule is O=[N+]([O-])C[C@H](c1ccccc1)P(=O)(Oc1ccccc1)Oc1ccccc1. The van der Waals surface area contributed by atoms with Crippen LogP contribution in [0, 0.1) is 10.1 Å². The van der Waals surface area contributed by atoms with Gasteiger partial charge >= 0.3 is 7.60 Å². The van der Waals surface area contributed by atoms with Crippen LogP contribution in [0.25, 0.3) is 0 Å². The molecule has 0 spiro atoms. The van der Waals surface area contributed by atoms with E-state index in [4.69, 9.17) is 9.05 Å². The molecule has 0 unspecified atom stereocenters. The third-order valence-electron chi connectivity index (χ3n) is 3.84. The zero-order valence-corrected chi connectivity index (χ0v) is 15.3. The van der Waals surface area contributed by atoms with Crippen LogP contribution in [0.1, 0.15) is 11.2 Å². The van der Waals surface area contributed by atoms with Crippen molar-refractivity contribution in [3.63, 3.8) is 0 Å². The van der Waals surface area contributed by atoms with Crippen LogP contribution < -0.4 is 9.05 Å². The Kier molecular flexibility index (Phi) is 5.89. The number of hydrogen-bond acceptors (Lipinski definition) is 5. The lowest BCUT2D eigenvalue weighted by Gasteiger charge is -2.25. The molecule has 138 valence electrons. The number of hydrogen-bond donors (Lipinski definition) is 0. The first kappa shape index (κ1) is 18.7. The van der Waals surface area contributed by atoms with Crippen LogP contribution in [0.4, 0.5) is 0 Å². The molecular weight excluding hydrogens is 365 g/mol. The number of nitro groups is 1. The zero-order chi connectivity index (χ0) is 19.1. The highest BCUT2D eigenvalue weighted by molar-refractivity contribution is 7.55. The maximum Gasteiger partial charge on any atom is 0.444 e. The predicted molar refractivity (Wildman–Crippen MR) is 103 cm³/mol. The third kappa shape index (κ3) is 4.96. The average Bonchev–Trinajstić information content (AvgIpc) is 2.68. The van der Waals surface area contributed by atoms with Gasteiger partial charge in [-0.15, -0.1) is 0 Å². The minimum atomic E-state index is -3.99. The lowest BCUT2D eigenvalue weighted by Crippen LogP contribution is -2.18. The van der Waals surface area contributed by atoms with Gasteiger partial charge in [0.25, 0.3) is 0 Å². The molecule has 1 atom stereocenters. The molecule has 0 heterocycles. The van der Waals surface area contributed by atoms with Crippen molar-refractivity contribution < 1.29 is 18.5 Å². The van der Waals surface area contributed by atoms with E-state index in [2.05, 4.69) is 0 Å². The molecule has 0 N–H and O–H groups in total. The van der Waals surface area contributed by atoms with Gasteiger partial charge in [0.05, 0.1) is 0 Å². The lowest BCUT2D eigenvalue weighted by atomic mass is 10.1. The van der Waals surface area contributed by atoms with E-state index in [0.29, 0.717) is 17.1 Å². The Morgan fingerprint density at radius 2 is 1.19 bits per heavy atom. The largest absolute Gasteiger partial charge is 0.444 e. The third-order valence-corrected chi connectivity index (χ3v) is 6.00. The molecule has 0 aliphatic rings. The van der Waals surface area contributed by atoms with Crippen molar-refractivity contribution in [2.45, 2.75) is 5.66 Å². The van der Waals surface area contributed by atoms with Gasteiger partial charge in [0.15, 0.2) is 5.66 Å². The number of rotatable bonds is 8. The van der Waals surface area contributed by atoms with Crippen LogP contribution in [0.2, 0.25) is 0 Å². The van der Waals surface area contributed by atoms with Gasteiger partial charge in [-0.2, -0.15) is 0 Å². The highest BCUT2D eigenvalue weighted by Crippen LogP contribution is 2.60. The quantitative estimate of drug-likeness (QED) is 0.297. The predicted octanol–water partition coefficient (Wildman–Crippen LogP) is 5.36. The summed E-state index contributed by atoms with van der Waals surface area (Å²) in [6.07, 6.45) is 0. The second kappa shape index (κ2) is 8.52. The maximum absolute atomic E-state index is 13.8. The summed E-state index contributed by atoms with van der Waals surface area (Å²) in [6, 6.07) is 25.7. The summed E-state index contributed by atoms with van der Waals surface area (Å²) in [4.78, 5) is 10.8. The molecule has 0 saturated carbocycles. The van der Waals surface area contributed by atoms with Crippen molar-refractivity contribution in [1.29, 1.82) is 0 Å². The summed E-state index contributed by atoms with van der Waals surface area (Å²) < 4.78 is 25.3. The molecule has 0 bridgehead atoms. The molecule has 3 aromatic carbocycles. The van der Waals surface area contributed by atoms with Crippen molar-refractivity contribution in [2.24, 2.45) is 0 Å². The molecule has 7 heteroatoms. The standard InChI is InChI=1S/C20H18NO5P/c22-21(23)16-20(17-10-4-1-5-11-17)27(24,25-18-12-6-2-7-13-18)26-19-14-8-3-9-15-19/h1-15,20H,16H2/t20-/m1/s1. The van der Waals surface area contributed by atoms with Gasteiger partial charge in [0.2, 0.25) is 6.54 Å². The van der Waals surface area contributed by atoms with E-state index in [1.165, 1.54) is 0 Å². The lowest BCUT2D eigenvalue weighted by molar-refractivity contribution is -0.480. The second-order valence-electron chi connectivity index (χ2n) is 5.79. The Labute approximate surface area is 157 Å². The molecule has 0 amide bonds. The minimum absolute atomic E-state index is 0.320. The molecule has 0 radical (unpaired) electrons. The topological polar surface area (TPSA) is 78.7 Å². The van der Waals surface area contributed by atoms with Crippen LogP contribution in [0.5, 0.6) is 11.5 Å². The first-order valence-corrected chi connectivity index (χ1v) is 9.94. The van der Waals surface area contributed by atoms with Crippen molar-refractivity contribution in [2.75, 3.05) is 6.54 Å². The summed E-state index contributed by atoms with van der Waals surface area (Å²) >= 11 is 0. The van der Waals surface area contributed by atoms with Crippen LogP contribution >= 0.6 is 7.60 Å². The van der Waals surface area contributed by atoms with Gasteiger partial charge in [0.1, 0.15) is 11.5 Å². The number of nitrogens with zero attached hydrogens (tertiary/aromatic N) is 1. The fourth-order valence-corrected chi connectivity index (χ4v) is 4.60. The summed E-state index contributed by atoms with van der Waals surface area (Å²) in [7, 11) is -3.99. The molecular formula is C20H18NO5P. The monoisotopic (exact) mass is 383 g/mol. The van der Waals surface area contributed by atoms with E-state index in [1.54, 1.807) is 91.0 Å². The van der Waals surface area contributed by atoms with E-state index in [0.717, 1.165) is 0 Å². The maximum atomic E-state index is 13.8. The van der Waals surface area contributed by atoms with Gasteiger partial charge in [-0.25, -0.2) is 4.57 Å². The molecule has 0 fully saturated rings. The first-order valence-electron chi connectivity index (χ1n) is 8.32. The fraction of sp³-hybridized carbons (Fsp3) is 0.100. The molecule has 3 aromatic rings. The van der Waals surface area contributed by atoms with E-state index < -0.39 is 24.7 Å². The molecule has 0 aliphatic carbocycles. The van der Waals surface area contributed by atoms with Crippen molar-refractivity contribution in [3.8, 4) is 11.5 Å². The van der Waals surface area contributed by atoms with E-state index >= 15 is 0 Å². The van der Waals surface area contributed by atoms with E-state index in [9.17, 15) is 14.7 Å². The molecule has 0 aliphatic heterocycles. The van der Waals surface area contributed by atoms with Crippen molar-refractivity contribution in [1.82, 2.24) is 0 Å². The minimum Gasteiger partial charge on any atom is -0.415 e. The number of para-hydroxylation sites is 2. The highest BCUT2D eigenvalue weighted by atomic mass is 31.2. The normalized spacial score (nSPS) is 12.1. The summed E-state index contributed by atoms with van der Waals surface area (Å²) in [5.41, 5.74) is -0.543. The van der Waals surface area contributed by atoms with Gasteiger partial charge in [-0.3, -0.25) is 10.1 Å². The van der Waals surface area contributed by atoms with Crippen LogP contribution in [0.15, 0.2) is 91.0 Å². The van der Waals surface area contributed by atoms with Gasteiger partial charge in [-0.05, 0) is 29.8 Å². The van der Waals surface area contributed by atoms with Crippen LogP contribution in [-0.4, -0.2) is 11.5 Å². The zero-order valence-electron chi connectivity index (χ0n) is 14.4. The number of benzene rings is 3. The first-order chi connectivity index (χ1) is 13.1. The Morgan fingerprint density at radius 3 is 1.59 bits per heavy atom. The molecule has 3 rings (SSSR count). The smallest absolute Gasteiger partial charge is 0.415 e. The van der Waals surface area contributed by atoms with Crippen molar-refractivity contribution >= 4 is 7.60 Å². The van der Waals surface area contributed by atoms with Gasteiger partial charge < -0.3 is 9.05 Å². The van der Waals surface area contributed by atoms with Gasteiger partial charge in [0, 0.05) is 4.92 Å². The Hall–Kier alpha value is -3.11.